The monoisotopic (exact) mass is 162 g/mol. The fraction of sp³-hybridized carbons (Fsp3) is 0.500. The van der Waals surface area contributed by atoms with Gasteiger partial charge in [0, 0.05) is 18.1 Å². The van der Waals surface area contributed by atoms with Crippen molar-refractivity contribution in [2.75, 3.05) is 0 Å². The molecule has 1 saturated carbocycles. The maximum absolute atomic E-state index is 4.51. The topological polar surface area (TPSA) is 17.3 Å². The van der Waals surface area contributed by atoms with Gasteiger partial charge in [0.2, 0.25) is 0 Å². The highest BCUT2D eigenvalue weighted by Gasteiger charge is 2.23. The number of aromatic nitrogens is 1. The van der Waals surface area contributed by atoms with Crippen molar-refractivity contribution in [3.63, 3.8) is 0 Å². The molecule has 0 bridgehead atoms. The highest BCUT2D eigenvalue weighted by Crippen LogP contribution is 2.26. The third kappa shape index (κ3) is 1.29. The number of hydrogen-bond acceptors (Lipinski definition) is 1. The van der Waals surface area contributed by atoms with Gasteiger partial charge in [0.05, 0.1) is 0 Å². The van der Waals surface area contributed by atoms with Gasteiger partial charge < -0.3 is 0 Å². The standard InChI is InChI=1S/C10H14N2/c1-2-9-5-6-10(9)11-12-7-3-4-8-12/h3-4,7-9H,2,5-6H2,1H3/b11-10+. The van der Waals surface area contributed by atoms with Crippen LogP contribution in [0.4, 0.5) is 0 Å². The highest BCUT2D eigenvalue weighted by atomic mass is 15.3. The summed E-state index contributed by atoms with van der Waals surface area (Å²) in [5.74, 6) is 0.757. The molecule has 0 N–H and O–H groups in total. The summed E-state index contributed by atoms with van der Waals surface area (Å²) < 4.78 is 1.90. The maximum Gasteiger partial charge on any atom is 0.0419 e. The molecule has 1 aromatic rings. The van der Waals surface area contributed by atoms with Gasteiger partial charge in [-0.1, -0.05) is 6.92 Å². The molecule has 1 unspecified atom stereocenters. The summed E-state index contributed by atoms with van der Waals surface area (Å²) in [6.07, 6.45) is 7.73. The Hall–Kier alpha value is -1.05. The summed E-state index contributed by atoms with van der Waals surface area (Å²) in [4.78, 5) is 0. The first-order chi connectivity index (χ1) is 5.90. The number of nitrogens with zero attached hydrogens (tertiary/aromatic N) is 2. The van der Waals surface area contributed by atoms with Crippen molar-refractivity contribution < 1.29 is 0 Å². The second kappa shape index (κ2) is 3.13. The van der Waals surface area contributed by atoms with Crippen LogP contribution in [0, 0.1) is 5.92 Å². The fourth-order valence-electron chi connectivity index (χ4n) is 1.59. The van der Waals surface area contributed by atoms with Gasteiger partial charge in [0.15, 0.2) is 0 Å². The van der Waals surface area contributed by atoms with Crippen LogP contribution in [0.25, 0.3) is 0 Å². The molecule has 12 heavy (non-hydrogen) atoms. The largest absolute Gasteiger partial charge is 0.248 e. The molecule has 0 aliphatic heterocycles. The van der Waals surface area contributed by atoms with Crippen LogP contribution in [0.5, 0.6) is 0 Å². The van der Waals surface area contributed by atoms with Crippen LogP contribution in [0.2, 0.25) is 0 Å². The van der Waals surface area contributed by atoms with Crippen LogP contribution in [0.3, 0.4) is 0 Å². The lowest BCUT2D eigenvalue weighted by Gasteiger charge is -2.26. The average Bonchev–Trinajstić information content (AvgIpc) is 2.51. The predicted octanol–water partition coefficient (Wildman–Crippen LogP) is 2.51. The minimum Gasteiger partial charge on any atom is -0.248 e. The Kier molecular flexibility index (Phi) is 1.98. The Bertz CT molecular complexity index is 270. The number of hydrogen-bond donors (Lipinski definition) is 0. The highest BCUT2D eigenvalue weighted by molar-refractivity contribution is 5.91. The summed E-state index contributed by atoms with van der Waals surface area (Å²) in [6.45, 7) is 2.23. The van der Waals surface area contributed by atoms with Gasteiger partial charge in [-0.05, 0) is 37.3 Å². The van der Waals surface area contributed by atoms with E-state index in [1.807, 2.05) is 29.2 Å². The average molecular weight is 162 g/mol. The quantitative estimate of drug-likeness (QED) is 0.635. The third-order valence-electron chi connectivity index (χ3n) is 2.55. The van der Waals surface area contributed by atoms with E-state index in [1.165, 1.54) is 25.0 Å². The summed E-state index contributed by atoms with van der Waals surface area (Å²) in [5, 5.41) is 4.51. The van der Waals surface area contributed by atoms with E-state index in [0.717, 1.165) is 5.92 Å². The molecule has 1 fully saturated rings. The lowest BCUT2D eigenvalue weighted by Crippen LogP contribution is -2.25. The van der Waals surface area contributed by atoms with Crippen molar-refractivity contribution >= 4 is 5.71 Å². The van der Waals surface area contributed by atoms with Crippen LogP contribution in [0.15, 0.2) is 29.6 Å². The van der Waals surface area contributed by atoms with E-state index in [9.17, 15) is 0 Å². The van der Waals surface area contributed by atoms with Crippen LogP contribution in [-0.2, 0) is 0 Å². The van der Waals surface area contributed by atoms with Gasteiger partial charge in [-0.3, -0.25) is 0 Å². The molecule has 2 nitrogen and oxygen atoms in total. The molecule has 0 aromatic carbocycles. The van der Waals surface area contributed by atoms with E-state index >= 15 is 0 Å². The van der Waals surface area contributed by atoms with Crippen molar-refractivity contribution in [3.8, 4) is 0 Å². The molecule has 0 spiro atoms. The van der Waals surface area contributed by atoms with Gasteiger partial charge in [-0.2, -0.15) is 5.10 Å². The van der Waals surface area contributed by atoms with Gasteiger partial charge in [0.25, 0.3) is 0 Å². The van der Waals surface area contributed by atoms with E-state index in [0.29, 0.717) is 0 Å². The minimum absolute atomic E-state index is 0.757. The van der Waals surface area contributed by atoms with Gasteiger partial charge in [-0.25, -0.2) is 4.68 Å². The van der Waals surface area contributed by atoms with Crippen LogP contribution < -0.4 is 0 Å². The zero-order chi connectivity index (χ0) is 8.39. The molecule has 0 saturated heterocycles. The zero-order valence-electron chi connectivity index (χ0n) is 7.40. The second-order valence-electron chi connectivity index (χ2n) is 3.30. The molecule has 0 amide bonds. The Morgan fingerprint density at radius 3 is 2.75 bits per heavy atom. The molecule has 1 heterocycles. The molecule has 1 aromatic heterocycles. The van der Waals surface area contributed by atoms with Gasteiger partial charge in [0.1, 0.15) is 0 Å². The molecule has 1 aliphatic carbocycles. The number of rotatable bonds is 2. The lowest BCUT2D eigenvalue weighted by atomic mass is 9.81. The Labute approximate surface area is 72.9 Å². The molecule has 1 atom stereocenters. The first-order valence-corrected chi connectivity index (χ1v) is 4.61. The molecular formula is C10H14N2. The molecule has 64 valence electrons. The van der Waals surface area contributed by atoms with Crippen molar-refractivity contribution in [3.05, 3.63) is 24.5 Å². The van der Waals surface area contributed by atoms with E-state index < -0.39 is 0 Å². The van der Waals surface area contributed by atoms with Crippen molar-refractivity contribution in [2.24, 2.45) is 11.0 Å². The van der Waals surface area contributed by atoms with E-state index in [-0.39, 0.29) is 0 Å². The maximum atomic E-state index is 4.51. The summed E-state index contributed by atoms with van der Waals surface area (Å²) >= 11 is 0. The Morgan fingerprint density at radius 1 is 1.50 bits per heavy atom. The summed E-state index contributed by atoms with van der Waals surface area (Å²) in [7, 11) is 0. The predicted molar refractivity (Wildman–Crippen MR) is 50.3 cm³/mol. The molecule has 2 rings (SSSR count). The van der Waals surface area contributed by atoms with Crippen LogP contribution >= 0.6 is 0 Å². The van der Waals surface area contributed by atoms with Gasteiger partial charge in [-0.15, -0.1) is 0 Å². The fourth-order valence-corrected chi connectivity index (χ4v) is 1.59. The zero-order valence-corrected chi connectivity index (χ0v) is 7.40. The molecular weight excluding hydrogens is 148 g/mol. The normalized spacial score (nSPS) is 25.8. The lowest BCUT2D eigenvalue weighted by molar-refractivity contribution is 0.529. The van der Waals surface area contributed by atoms with Crippen molar-refractivity contribution in [1.82, 2.24) is 4.68 Å². The van der Waals surface area contributed by atoms with Gasteiger partial charge >= 0.3 is 0 Å². The minimum atomic E-state index is 0.757. The van der Waals surface area contributed by atoms with Crippen molar-refractivity contribution in [1.29, 1.82) is 0 Å². The van der Waals surface area contributed by atoms with E-state index in [2.05, 4.69) is 12.0 Å². The van der Waals surface area contributed by atoms with Crippen LogP contribution in [-0.4, -0.2) is 10.4 Å². The second-order valence-corrected chi connectivity index (χ2v) is 3.30. The van der Waals surface area contributed by atoms with Crippen LogP contribution in [0.1, 0.15) is 26.2 Å². The first kappa shape index (κ1) is 7.59. The Morgan fingerprint density at radius 2 is 2.25 bits per heavy atom. The molecule has 1 aliphatic rings. The third-order valence-corrected chi connectivity index (χ3v) is 2.55. The Balaban J connectivity index is 2.09. The molecule has 0 radical (unpaired) electrons. The smallest absolute Gasteiger partial charge is 0.0419 e. The molecule has 2 heteroatoms. The van der Waals surface area contributed by atoms with Crippen molar-refractivity contribution in [2.45, 2.75) is 26.2 Å². The first-order valence-electron chi connectivity index (χ1n) is 4.61. The SMILES string of the molecule is CCC1CC/C1=N\n1cccc1. The summed E-state index contributed by atoms with van der Waals surface area (Å²) in [6, 6.07) is 4.01. The summed E-state index contributed by atoms with van der Waals surface area (Å²) in [5.41, 5.74) is 1.37. The van der Waals surface area contributed by atoms with E-state index in [1.54, 1.807) is 0 Å². The van der Waals surface area contributed by atoms with E-state index in [4.69, 9.17) is 0 Å².